The summed E-state index contributed by atoms with van der Waals surface area (Å²) in [5.74, 6) is 2.01. The molecule has 1 fully saturated rings. The molecule has 1 aliphatic heterocycles. The lowest BCUT2D eigenvalue weighted by Gasteiger charge is -2.35. The molecule has 6 heteroatoms. The number of amides is 1. The average molecular weight is 393 g/mol. The van der Waals surface area contributed by atoms with Crippen LogP contribution >= 0.6 is 0 Å². The van der Waals surface area contributed by atoms with Gasteiger partial charge in [-0.25, -0.2) is 4.98 Å². The minimum Gasteiger partial charge on any atom is -0.439 e. The van der Waals surface area contributed by atoms with Crippen molar-refractivity contribution in [3.63, 3.8) is 0 Å². The highest BCUT2D eigenvalue weighted by molar-refractivity contribution is 5.99. The normalized spacial score (nSPS) is 15.2. The van der Waals surface area contributed by atoms with Crippen LogP contribution in [0.3, 0.4) is 0 Å². The minimum atomic E-state index is 0.0973. The third-order valence-electron chi connectivity index (χ3n) is 5.38. The van der Waals surface area contributed by atoms with Gasteiger partial charge in [-0.2, -0.15) is 0 Å². The van der Waals surface area contributed by atoms with Crippen LogP contribution in [0.15, 0.2) is 48.7 Å². The van der Waals surface area contributed by atoms with E-state index in [0.717, 1.165) is 43.6 Å². The molecule has 0 radical (unpaired) electrons. The molecule has 0 bridgehead atoms. The molecule has 0 unspecified atom stereocenters. The molecule has 4 rings (SSSR count). The number of fused-ring (bicyclic) bond motifs is 1. The Morgan fingerprint density at radius 3 is 2.59 bits per heavy atom. The van der Waals surface area contributed by atoms with Crippen molar-refractivity contribution >= 4 is 16.8 Å². The zero-order valence-electron chi connectivity index (χ0n) is 17.3. The first-order chi connectivity index (χ1) is 14.0. The fourth-order valence-electron chi connectivity index (χ4n) is 3.94. The second-order valence-corrected chi connectivity index (χ2v) is 8.07. The molecule has 3 aromatic rings. The second kappa shape index (κ2) is 8.25. The number of nitrogens with zero attached hydrogens (tertiary/aromatic N) is 4. The van der Waals surface area contributed by atoms with Crippen molar-refractivity contribution in [3.05, 3.63) is 54.4 Å². The van der Waals surface area contributed by atoms with Gasteiger partial charge in [0.15, 0.2) is 0 Å². The number of aryl methyl sites for hydroxylation is 1. The van der Waals surface area contributed by atoms with E-state index in [1.165, 1.54) is 0 Å². The Balaban J connectivity index is 1.50. The second-order valence-electron chi connectivity index (χ2n) is 8.07. The van der Waals surface area contributed by atoms with Gasteiger partial charge in [0.1, 0.15) is 11.4 Å². The van der Waals surface area contributed by atoms with E-state index in [2.05, 4.69) is 23.7 Å². The monoisotopic (exact) mass is 392 g/mol. The van der Waals surface area contributed by atoms with Crippen LogP contribution in [0.25, 0.3) is 10.9 Å². The summed E-state index contributed by atoms with van der Waals surface area (Å²) in [5.41, 5.74) is 1.73. The number of aromatic nitrogens is 2. The summed E-state index contributed by atoms with van der Waals surface area (Å²) >= 11 is 0. The van der Waals surface area contributed by atoms with Crippen molar-refractivity contribution in [2.75, 3.05) is 32.7 Å². The highest BCUT2D eigenvalue weighted by Gasteiger charge is 2.24. The maximum absolute atomic E-state index is 13.1. The molecular formula is C23H28N4O2. The highest BCUT2D eigenvalue weighted by Crippen LogP contribution is 2.27. The number of ether oxygens (including phenoxy) is 1. The lowest BCUT2D eigenvalue weighted by atomic mass is 10.2. The molecule has 1 aliphatic rings. The molecule has 0 saturated carbocycles. The number of hydrogen-bond donors (Lipinski definition) is 0. The number of hydrogen-bond acceptors (Lipinski definition) is 4. The molecule has 0 spiro atoms. The lowest BCUT2D eigenvalue weighted by molar-refractivity contribution is 0.0615. The van der Waals surface area contributed by atoms with E-state index in [4.69, 9.17) is 4.74 Å². The maximum Gasteiger partial charge on any atom is 0.270 e. The minimum absolute atomic E-state index is 0.0973. The molecule has 0 N–H and O–H groups in total. The number of carbonyl (C=O) groups excluding carboxylic acids is 1. The SMILES string of the molecule is CC(C)CN1CCN(C(=O)c2cc3cc(Oc4ccccn4)ccc3n2C)CC1. The van der Waals surface area contributed by atoms with Crippen LogP contribution < -0.4 is 4.74 Å². The van der Waals surface area contributed by atoms with Crippen molar-refractivity contribution < 1.29 is 9.53 Å². The predicted octanol–water partition coefficient (Wildman–Crippen LogP) is 3.78. The molecule has 152 valence electrons. The average Bonchev–Trinajstić information content (AvgIpc) is 3.04. The van der Waals surface area contributed by atoms with E-state index < -0.39 is 0 Å². The van der Waals surface area contributed by atoms with E-state index >= 15 is 0 Å². The van der Waals surface area contributed by atoms with E-state index in [1.807, 2.05) is 59.0 Å². The number of benzene rings is 1. The number of carbonyl (C=O) groups is 1. The largest absolute Gasteiger partial charge is 0.439 e. The number of rotatable bonds is 5. The molecule has 1 saturated heterocycles. The van der Waals surface area contributed by atoms with E-state index in [9.17, 15) is 4.79 Å². The summed E-state index contributed by atoms with van der Waals surface area (Å²) in [6.07, 6.45) is 1.70. The molecule has 0 aliphatic carbocycles. The van der Waals surface area contributed by atoms with Crippen molar-refractivity contribution in [3.8, 4) is 11.6 Å². The van der Waals surface area contributed by atoms with E-state index in [0.29, 0.717) is 23.2 Å². The fourth-order valence-corrected chi connectivity index (χ4v) is 3.94. The predicted molar refractivity (Wildman–Crippen MR) is 114 cm³/mol. The zero-order valence-corrected chi connectivity index (χ0v) is 17.3. The number of pyridine rings is 1. The standard InChI is InChI=1S/C23H28N4O2/c1-17(2)16-26-10-12-27(13-11-26)23(28)21-15-18-14-19(7-8-20(18)25(21)3)29-22-6-4-5-9-24-22/h4-9,14-15,17H,10-13,16H2,1-3H3. The molecule has 6 nitrogen and oxygen atoms in total. The molecule has 1 amide bonds. The Morgan fingerprint density at radius 1 is 1.10 bits per heavy atom. The van der Waals surface area contributed by atoms with Crippen molar-refractivity contribution in [1.29, 1.82) is 0 Å². The third kappa shape index (κ3) is 4.27. The summed E-state index contributed by atoms with van der Waals surface area (Å²) in [5, 5.41) is 0.989. The van der Waals surface area contributed by atoms with Gasteiger partial charge < -0.3 is 14.2 Å². The first kappa shape index (κ1) is 19.5. The number of piperazine rings is 1. The topological polar surface area (TPSA) is 50.6 Å². The fraction of sp³-hybridized carbons (Fsp3) is 0.391. The van der Waals surface area contributed by atoms with E-state index in [1.54, 1.807) is 6.20 Å². The van der Waals surface area contributed by atoms with Crippen LogP contribution in [-0.4, -0.2) is 58.0 Å². The Hall–Kier alpha value is -2.86. The van der Waals surface area contributed by atoms with Crippen LogP contribution in [0, 0.1) is 5.92 Å². The van der Waals surface area contributed by atoms with Gasteiger partial charge in [0, 0.05) is 62.9 Å². The summed E-state index contributed by atoms with van der Waals surface area (Å²) in [4.78, 5) is 21.7. The molecule has 0 atom stereocenters. The molecule has 3 heterocycles. The summed E-state index contributed by atoms with van der Waals surface area (Å²) in [6, 6.07) is 13.4. The van der Waals surface area contributed by atoms with Crippen molar-refractivity contribution in [2.45, 2.75) is 13.8 Å². The third-order valence-corrected chi connectivity index (χ3v) is 5.38. The van der Waals surface area contributed by atoms with Gasteiger partial charge in [-0.05, 0) is 36.2 Å². The van der Waals surface area contributed by atoms with Gasteiger partial charge in [-0.3, -0.25) is 9.69 Å². The van der Waals surface area contributed by atoms with Crippen LogP contribution in [0.4, 0.5) is 0 Å². The molecule has 29 heavy (non-hydrogen) atoms. The molecule has 1 aromatic carbocycles. The van der Waals surface area contributed by atoms with Crippen LogP contribution in [0.5, 0.6) is 11.6 Å². The zero-order chi connectivity index (χ0) is 20.4. The Morgan fingerprint density at radius 2 is 1.90 bits per heavy atom. The van der Waals surface area contributed by atoms with Crippen LogP contribution in [0.1, 0.15) is 24.3 Å². The van der Waals surface area contributed by atoms with Gasteiger partial charge in [-0.15, -0.1) is 0 Å². The van der Waals surface area contributed by atoms with Gasteiger partial charge in [-0.1, -0.05) is 19.9 Å². The Labute approximate surface area is 171 Å². The van der Waals surface area contributed by atoms with Gasteiger partial charge in [0.2, 0.25) is 5.88 Å². The smallest absolute Gasteiger partial charge is 0.270 e. The highest BCUT2D eigenvalue weighted by atomic mass is 16.5. The summed E-state index contributed by atoms with van der Waals surface area (Å²) in [7, 11) is 1.95. The summed E-state index contributed by atoms with van der Waals surface area (Å²) < 4.78 is 7.81. The molecule has 2 aromatic heterocycles. The summed E-state index contributed by atoms with van der Waals surface area (Å²) in [6.45, 7) is 9.00. The maximum atomic E-state index is 13.1. The Kier molecular flexibility index (Phi) is 5.53. The first-order valence-corrected chi connectivity index (χ1v) is 10.2. The lowest BCUT2D eigenvalue weighted by Crippen LogP contribution is -2.49. The van der Waals surface area contributed by atoms with Crippen LogP contribution in [-0.2, 0) is 7.05 Å². The molecular weight excluding hydrogens is 364 g/mol. The van der Waals surface area contributed by atoms with Crippen molar-refractivity contribution in [2.24, 2.45) is 13.0 Å². The van der Waals surface area contributed by atoms with Gasteiger partial charge in [0.25, 0.3) is 5.91 Å². The van der Waals surface area contributed by atoms with Crippen LogP contribution in [0.2, 0.25) is 0 Å². The van der Waals surface area contributed by atoms with Gasteiger partial charge in [0.05, 0.1) is 0 Å². The quantitative estimate of drug-likeness (QED) is 0.663. The Bertz CT molecular complexity index is 989. The first-order valence-electron chi connectivity index (χ1n) is 10.2. The van der Waals surface area contributed by atoms with E-state index in [-0.39, 0.29) is 5.91 Å². The van der Waals surface area contributed by atoms with Crippen molar-refractivity contribution in [1.82, 2.24) is 19.4 Å². The van der Waals surface area contributed by atoms with Gasteiger partial charge >= 0.3 is 0 Å².